The first-order chi connectivity index (χ1) is 12.0. The number of carbonyl (C=O) groups is 1. The zero-order valence-electron chi connectivity index (χ0n) is 14.0. The van der Waals surface area contributed by atoms with Gasteiger partial charge in [0.25, 0.3) is 5.91 Å². The summed E-state index contributed by atoms with van der Waals surface area (Å²) in [7, 11) is 0. The van der Waals surface area contributed by atoms with Gasteiger partial charge in [-0.25, -0.2) is 0 Å². The standard InChI is InChI=1S/C18H16N4O2S/c1-8-4-11-9(2)6-19-14(11)5-13(8)21-17(24)12-7-20-18-15(16(12)23)10(3)22-25-18/h4-7,19H,1-3H3,(H,20,23)(H,21,24). The Morgan fingerprint density at radius 3 is 2.72 bits per heavy atom. The van der Waals surface area contributed by atoms with E-state index in [1.807, 2.05) is 32.2 Å². The Morgan fingerprint density at radius 1 is 1.12 bits per heavy atom. The van der Waals surface area contributed by atoms with Crippen LogP contribution in [-0.2, 0) is 0 Å². The molecule has 7 heteroatoms. The van der Waals surface area contributed by atoms with Gasteiger partial charge in [0.15, 0.2) is 0 Å². The summed E-state index contributed by atoms with van der Waals surface area (Å²) in [6.07, 6.45) is 3.38. The van der Waals surface area contributed by atoms with Gasteiger partial charge in [0.2, 0.25) is 5.43 Å². The minimum absolute atomic E-state index is 0.0814. The smallest absolute Gasteiger partial charge is 0.261 e. The Balaban J connectivity index is 1.75. The zero-order valence-corrected chi connectivity index (χ0v) is 14.8. The lowest BCUT2D eigenvalue weighted by Crippen LogP contribution is -2.22. The van der Waals surface area contributed by atoms with E-state index in [2.05, 4.69) is 19.7 Å². The molecule has 0 saturated carbocycles. The molecule has 126 valence electrons. The normalized spacial score (nSPS) is 11.3. The second-order valence-corrected chi connectivity index (χ2v) is 6.92. The molecule has 6 nitrogen and oxygen atoms in total. The highest BCUT2D eigenvalue weighted by Gasteiger charge is 2.17. The van der Waals surface area contributed by atoms with Gasteiger partial charge in [0, 0.05) is 29.0 Å². The number of hydrogen-bond donors (Lipinski definition) is 3. The molecule has 4 rings (SSSR count). The van der Waals surface area contributed by atoms with Crippen LogP contribution in [-0.4, -0.2) is 20.2 Å². The van der Waals surface area contributed by atoms with Crippen molar-refractivity contribution >= 4 is 44.2 Å². The Kier molecular flexibility index (Phi) is 3.47. The van der Waals surface area contributed by atoms with Crippen LogP contribution in [0.25, 0.3) is 21.1 Å². The van der Waals surface area contributed by atoms with Crippen molar-refractivity contribution in [2.45, 2.75) is 20.8 Å². The summed E-state index contributed by atoms with van der Waals surface area (Å²) in [5.41, 5.74) is 4.13. The predicted molar refractivity (Wildman–Crippen MR) is 101 cm³/mol. The largest absolute Gasteiger partial charge is 0.361 e. The second-order valence-electron chi connectivity index (χ2n) is 6.14. The highest BCUT2D eigenvalue weighted by Crippen LogP contribution is 2.26. The number of anilines is 1. The minimum atomic E-state index is -0.431. The van der Waals surface area contributed by atoms with Gasteiger partial charge in [-0.05, 0) is 55.6 Å². The van der Waals surface area contributed by atoms with Crippen LogP contribution in [0.15, 0.2) is 29.3 Å². The van der Waals surface area contributed by atoms with E-state index in [1.165, 1.54) is 17.7 Å². The molecular formula is C18H16N4O2S. The Labute approximate surface area is 147 Å². The van der Waals surface area contributed by atoms with E-state index in [-0.39, 0.29) is 11.0 Å². The fourth-order valence-electron chi connectivity index (χ4n) is 2.98. The van der Waals surface area contributed by atoms with Gasteiger partial charge in [0.05, 0.1) is 11.1 Å². The van der Waals surface area contributed by atoms with Crippen LogP contribution < -0.4 is 10.7 Å². The molecule has 4 aromatic rings. The number of amides is 1. The quantitative estimate of drug-likeness (QED) is 0.514. The molecule has 0 spiro atoms. The number of aromatic nitrogens is 3. The summed E-state index contributed by atoms with van der Waals surface area (Å²) in [5.74, 6) is -0.431. The van der Waals surface area contributed by atoms with Gasteiger partial charge in [0.1, 0.15) is 10.4 Å². The summed E-state index contributed by atoms with van der Waals surface area (Å²) in [6.45, 7) is 5.73. The molecule has 3 aromatic heterocycles. The SMILES string of the molecule is Cc1cc2c(C)c[nH]c2cc1NC(=O)c1c[nH]c2snc(C)c2c1=O. The average Bonchev–Trinajstić information content (AvgIpc) is 3.12. The highest BCUT2D eigenvalue weighted by molar-refractivity contribution is 7.12. The molecule has 0 aliphatic rings. The molecular weight excluding hydrogens is 336 g/mol. The van der Waals surface area contributed by atoms with Crippen LogP contribution in [0, 0.1) is 20.8 Å². The Hall–Kier alpha value is -2.93. The minimum Gasteiger partial charge on any atom is -0.361 e. The van der Waals surface area contributed by atoms with Gasteiger partial charge in [-0.2, -0.15) is 4.37 Å². The van der Waals surface area contributed by atoms with Crippen molar-refractivity contribution in [1.29, 1.82) is 0 Å². The fourth-order valence-corrected chi connectivity index (χ4v) is 3.75. The molecule has 0 fully saturated rings. The first kappa shape index (κ1) is 15.6. The molecule has 1 aromatic carbocycles. The Morgan fingerprint density at radius 2 is 1.92 bits per heavy atom. The second kappa shape index (κ2) is 5.56. The van der Waals surface area contributed by atoms with Crippen LogP contribution in [0.2, 0.25) is 0 Å². The maximum atomic E-state index is 12.6. The lowest BCUT2D eigenvalue weighted by molar-refractivity contribution is 0.102. The van der Waals surface area contributed by atoms with E-state index in [0.717, 1.165) is 22.0 Å². The summed E-state index contributed by atoms with van der Waals surface area (Å²) in [5, 5.41) is 4.45. The summed E-state index contributed by atoms with van der Waals surface area (Å²) < 4.78 is 4.17. The van der Waals surface area contributed by atoms with E-state index in [4.69, 9.17) is 0 Å². The molecule has 3 N–H and O–H groups in total. The van der Waals surface area contributed by atoms with Gasteiger partial charge in [-0.15, -0.1) is 0 Å². The number of nitrogens with zero attached hydrogens (tertiary/aromatic N) is 1. The topological polar surface area (TPSA) is 90.6 Å². The number of carbonyl (C=O) groups excluding carboxylic acids is 1. The summed E-state index contributed by atoms with van der Waals surface area (Å²) in [6, 6.07) is 3.91. The third-order valence-corrected chi connectivity index (χ3v) is 5.28. The van der Waals surface area contributed by atoms with E-state index in [0.29, 0.717) is 21.6 Å². The van der Waals surface area contributed by atoms with E-state index in [9.17, 15) is 9.59 Å². The summed E-state index contributed by atoms with van der Waals surface area (Å²) in [4.78, 5) is 32.1. The lowest BCUT2D eigenvalue weighted by Gasteiger charge is -2.09. The fraction of sp³-hybridized carbons (Fsp3) is 0.167. The molecule has 0 atom stereocenters. The molecule has 0 saturated heterocycles. The number of aryl methyl sites for hydroxylation is 3. The van der Waals surface area contributed by atoms with Crippen molar-refractivity contribution in [3.8, 4) is 0 Å². The average molecular weight is 352 g/mol. The van der Waals surface area contributed by atoms with Crippen molar-refractivity contribution in [2.75, 3.05) is 5.32 Å². The van der Waals surface area contributed by atoms with Crippen molar-refractivity contribution in [3.05, 3.63) is 57.1 Å². The van der Waals surface area contributed by atoms with Crippen LogP contribution in [0.3, 0.4) is 0 Å². The lowest BCUT2D eigenvalue weighted by atomic mass is 10.1. The number of benzene rings is 1. The van der Waals surface area contributed by atoms with Crippen LogP contribution >= 0.6 is 11.5 Å². The number of nitrogens with one attached hydrogen (secondary N) is 3. The molecule has 0 unspecified atom stereocenters. The highest BCUT2D eigenvalue weighted by atomic mass is 32.1. The molecule has 0 bridgehead atoms. The first-order valence-corrected chi connectivity index (χ1v) is 8.60. The predicted octanol–water partition coefficient (Wildman–Crippen LogP) is 3.64. The van der Waals surface area contributed by atoms with E-state index >= 15 is 0 Å². The number of aromatic amines is 2. The monoisotopic (exact) mass is 352 g/mol. The maximum absolute atomic E-state index is 12.6. The van der Waals surface area contributed by atoms with Crippen LogP contribution in [0.1, 0.15) is 27.2 Å². The third-order valence-electron chi connectivity index (χ3n) is 4.41. The third kappa shape index (κ3) is 2.44. The molecule has 1 amide bonds. The summed E-state index contributed by atoms with van der Waals surface area (Å²) >= 11 is 1.22. The molecule has 0 radical (unpaired) electrons. The molecule has 0 aliphatic heterocycles. The molecule has 3 heterocycles. The van der Waals surface area contributed by atoms with E-state index in [1.54, 1.807) is 6.92 Å². The van der Waals surface area contributed by atoms with Crippen molar-refractivity contribution < 1.29 is 4.79 Å². The maximum Gasteiger partial charge on any atom is 0.261 e. The number of pyridine rings is 1. The van der Waals surface area contributed by atoms with Crippen LogP contribution in [0.4, 0.5) is 5.69 Å². The van der Waals surface area contributed by atoms with Crippen molar-refractivity contribution in [3.63, 3.8) is 0 Å². The van der Waals surface area contributed by atoms with Crippen molar-refractivity contribution in [2.24, 2.45) is 0 Å². The molecule has 25 heavy (non-hydrogen) atoms. The van der Waals surface area contributed by atoms with Crippen molar-refractivity contribution in [1.82, 2.24) is 14.3 Å². The molecule has 0 aliphatic carbocycles. The van der Waals surface area contributed by atoms with Gasteiger partial charge < -0.3 is 15.3 Å². The van der Waals surface area contributed by atoms with Gasteiger partial charge in [-0.3, -0.25) is 9.59 Å². The number of H-pyrrole nitrogens is 2. The zero-order chi connectivity index (χ0) is 17.7. The van der Waals surface area contributed by atoms with Crippen LogP contribution in [0.5, 0.6) is 0 Å². The number of rotatable bonds is 2. The van der Waals surface area contributed by atoms with Gasteiger partial charge in [-0.1, -0.05) is 0 Å². The van der Waals surface area contributed by atoms with E-state index < -0.39 is 5.91 Å². The first-order valence-electron chi connectivity index (χ1n) is 7.83. The number of fused-ring (bicyclic) bond motifs is 2. The number of hydrogen-bond acceptors (Lipinski definition) is 4. The van der Waals surface area contributed by atoms with Gasteiger partial charge >= 0.3 is 0 Å². The Bertz CT molecular complexity index is 1200.